The number of methoxy groups -OCH3 is 2. The van der Waals surface area contributed by atoms with E-state index in [4.69, 9.17) is 9.47 Å². The minimum Gasteiger partial charge on any atom is -0.497 e. The van der Waals surface area contributed by atoms with E-state index in [2.05, 4.69) is 5.32 Å². The van der Waals surface area contributed by atoms with Gasteiger partial charge in [-0.15, -0.1) is 0 Å². The molecule has 0 spiro atoms. The third-order valence-electron chi connectivity index (χ3n) is 4.86. The highest BCUT2D eigenvalue weighted by molar-refractivity contribution is 7.89. The maximum Gasteiger partial charge on any atom is 0.243 e. The van der Waals surface area contributed by atoms with Gasteiger partial charge in [-0.1, -0.05) is 48.0 Å². The number of hydrogen-bond acceptors (Lipinski definition) is 5. The molecular formula is C24H26N2O5S. The molecule has 0 aromatic heterocycles. The van der Waals surface area contributed by atoms with Crippen molar-refractivity contribution in [1.82, 2.24) is 4.31 Å². The Labute approximate surface area is 188 Å². The fraction of sp³-hybridized carbons (Fsp3) is 0.208. The number of rotatable bonds is 9. The molecule has 0 fully saturated rings. The number of carbonyl (C=O) groups is 1. The number of benzene rings is 3. The van der Waals surface area contributed by atoms with Crippen LogP contribution in [-0.4, -0.2) is 39.4 Å². The van der Waals surface area contributed by atoms with Crippen LogP contribution in [0.2, 0.25) is 0 Å². The first kappa shape index (κ1) is 23.3. The van der Waals surface area contributed by atoms with E-state index in [-0.39, 0.29) is 18.0 Å². The van der Waals surface area contributed by atoms with Crippen molar-refractivity contribution in [3.8, 4) is 11.5 Å². The van der Waals surface area contributed by atoms with Crippen LogP contribution in [0.1, 0.15) is 11.1 Å². The highest BCUT2D eigenvalue weighted by atomic mass is 32.2. The van der Waals surface area contributed by atoms with E-state index in [0.29, 0.717) is 17.2 Å². The van der Waals surface area contributed by atoms with Gasteiger partial charge in [0.05, 0.1) is 31.3 Å². The monoisotopic (exact) mass is 454 g/mol. The standard InChI is InChI=1S/C24H26N2O5S/c1-18-9-12-21(13-10-18)32(28,29)26(16-19-7-5-4-6-8-19)17-24(27)25-22-15-20(30-2)11-14-23(22)31-3/h4-15H,16-17H2,1-3H3,(H,25,27). The zero-order valence-electron chi connectivity index (χ0n) is 18.2. The molecule has 0 heterocycles. The van der Waals surface area contributed by atoms with Crippen LogP contribution in [0.5, 0.6) is 11.5 Å². The molecule has 0 aliphatic rings. The number of aryl methyl sites for hydroxylation is 1. The predicted molar refractivity (Wildman–Crippen MR) is 123 cm³/mol. The largest absolute Gasteiger partial charge is 0.497 e. The minimum atomic E-state index is -3.92. The Kier molecular flexibility index (Phi) is 7.50. The van der Waals surface area contributed by atoms with Gasteiger partial charge in [0, 0.05) is 12.6 Å². The van der Waals surface area contributed by atoms with Gasteiger partial charge in [-0.2, -0.15) is 4.31 Å². The lowest BCUT2D eigenvalue weighted by atomic mass is 10.2. The molecule has 8 heteroatoms. The van der Waals surface area contributed by atoms with Gasteiger partial charge in [0.2, 0.25) is 15.9 Å². The Morgan fingerprint density at radius 3 is 2.25 bits per heavy atom. The molecule has 0 saturated carbocycles. The molecular weight excluding hydrogens is 428 g/mol. The number of sulfonamides is 1. The van der Waals surface area contributed by atoms with Crippen molar-refractivity contribution in [2.75, 3.05) is 26.1 Å². The summed E-state index contributed by atoms with van der Waals surface area (Å²) in [5, 5.41) is 2.74. The third-order valence-corrected chi connectivity index (χ3v) is 6.67. The summed E-state index contributed by atoms with van der Waals surface area (Å²) in [6.45, 7) is 1.57. The van der Waals surface area contributed by atoms with Crippen molar-refractivity contribution in [1.29, 1.82) is 0 Å². The summed E-state index contributed by atoms with van der Waals surface area (Å²) in [5.41, 5.74) is 2.11. The highest BCUT2D eigenvalue weighted by Gasteiger charge is 2.27. The average molecular weight is 455 g/mol. The first-order valence-corrected chi connectivity index (χ1v) is 11.4. The van der Waals surface area contributed by atoms with E-state index >= 15 is 0 Å². The molecule has 0 radical (unpaired) electrons. The lowest BCUT2D eigenvalue weighted by Gasteiger charge is -2.22. The molecule has 32 heavy (non-hydrogen) atoms. The summed E-state index contributed by atoms with van der Waals surface area (Å²) in [5.74, 6) is 0.479. The van der Waals surface area contributed by atoms with Crippen molar-refractivity contribution in [3.05, 3.63) is 83.9 Å². The van der Waals surface area contributed by atoms with Gasteiger partial charge in [0.1, 0.15) is 11.5 Å². The summed E-state index contributed by atoms with van der Waals surface area (Å²) in [7, 11) is -0.911. The molecule has 1 N–H and O–H groups in total. The smallest absolute Gasteiger partial charge is 0.243 e. The maximum absolute atomic E-state index is 13.4. The number of amides is 1. The molecule has 1 amide bonds. The van der Waals surface area contributed by atoms with E-state index in [0.717, 1.165) is 15.4 Å². The zero-order valence-corrected chi connectivity index (χ0v) is 19.1. The maximum atomic E-state index is 13.4. The molecule has 0 aliphatic heterocycles. The second-order valence-corrected chi connectivity index (χ2v) is 9.12. The van der Waals surface area contributed by atoms with Crippen LogP contribution < -0.4 is 14.8 Å². The van der Waals surface area contributed by atoms with E-state index in [1.54, 1.807) is 42.5 Å². The number of carbonyl (C=O) groups excluding carboxylic acids is 1. The van der Waals surface area contributed by atoms with Crippen LogP contribution in [0.3, 0.4) is 0 Å². The summed E-state index contributed by atoms with van der Waals surface area (Å²) in [6.07, 6.45) is 0. The lowest BCUT2D eigenvalue weighted by molar-refractivity contribution is -0.116. The van der Waals surface area contributed by atoms with Crippen LogP contribution in [0.25, 0.3) is 0 Å². The van der Waals surface area contributed by atoms with E-state index in [1.807, 2.05) is 37.3 Å². The first-order chi connectivity index (χ1) is 15.3. The molecule has 7 nitrogen and oxygen atoms in total. The van der Waals surface area contributed by atoms with Crippen LogP contribution in [0, 0.1) is 6.92 Å². The Morgan fingerprint density at radius 1 is 0.938 bits per heavy atom. The van der Waals surface area contributed by atoms with Crippen molar-refractivity contribution in [3.63, 3.8) is 0 Å². The van der Waals surface area contributed by atoms with Gasteiger partial charge in [-0.05, 0) is 36.8 Å². The topological polar surface area (TPSA) is 84.9 Å². The number of nitrogens with zero attached hydrogens (tertiary/aromatic N) is 1. The van der Waals surface area contributed by atoms with Crippen molar-refractivity contribution in [2.24, 2.45) is 0 Å². The van der Waals surface area contributed by atoms with Gasteiger partial charge < -0.3 is 14.8 Å². The molecule has 3 aromatic rings. The summed E-state index contributed by atoms with van der Waals surface area (Å²) < 4.78 is 38.4. The second kappa shape index (κ2) is 10.3. The summed E-state index contributed by atoms with van der Waals surface area (Å²) in [4.78, 5) is 13.0. The molecule has 168 valence electrons. The molecule has 3 rings (SSSR count). The molecule has 0 atom stereocenters. The zero-order chi connectivity index (χ0) is 23.1. The van der Waals surface area contributed by atoms with Crippen LogP contribution >= 0.6 is 0 Å². The van der Waals surface area contributed by atoms with Gasteiger partial charge >= 0.3 is 0 Å². The predicted octanol–water partition coefficient (Wildman–Crippen LogP) is 3.84. The first-order valence-electron chi connectivity index (χ1n) is 9.96. The quantitative estimate of drug-likeness (QED) is 0.531. The molecule has 0 saturated heterocycles. The molecule has 0 aliphatic carbocycles. The van der Waals surface area contributed by atoms with Crippen LogP contribution in [-0.2, 0) is 21.4 Å². The minimum absolute atomic E-state index is 0.0553. The summed E-state index contributed by atoms with van der Waals surface area (Å²) >= 11 is 0. The summed E-state index contributed by atoms with van der Waals surface area (Å²) in [6, 6.07) is 20.7. The van der Waals surface area contributed by atoms with Gasteiger partial charge in [0.15, 0.2) is 0 Å². The van der Waals surface area contributed by atoms with E-state index in [9.17, 15) is 13.2 Å². The Balaban J connectivity index is 1.89. The SMILES string of the molecule is COc1ccc(OC)c(NC(=O)CN(Cc2ccccc2)S(=O)(=O)c2ccc(C)cc2)c1. The molecule has 0 bridgehead atoms. The number of ether oxygens (including phenoxy) is 2. The van der Waals surface area contributed by atoms with Gasteiger partial charge in [-0.3, -0.25) is 4.79 Å². The van der Waals surface area contributed by atoms with Crippen molar-refractivity contribution < 1.29 is 22.7 Å². The third kappa shape index (κ3) is 5.66. The fourth-order valence-electron chi connectivity index (χ4n) is 3.13. The Hall–Kier alpha value is -3.36. The Morgan fingerprint density at radius 2 is 1.62 bits per heavy atom. The molecule has 0 unspecified atom stereocenters. The number of hydrogen-bond donors (Lipinski definition) is 1. The van der Waals surface area contributed by atoms with Gasteiger partial charge in [0.25, 0.3) is 0 Å². The Bertz CT molecular complexity index is 1160. The second-order valence-electron chi connectivity index (χ2n) is 7.19. The highest BCUT2D eigenvalue weighted by Crippen LogP contribution is 2.29. The van der Waals surface area contributed by atoms with Crippen molar-refractivity contribution >= 4 is 21.6 Å². The fourth-order valence-corrected chi connectivity index (χ4v) is 4.52. The number of anilines is 1. The van der Waals surface area contributed by atoms with E-state index in [1.165, 1.54) is 14.2 Å². The van der Waals surface area contributed by atoms with Gasteiger partial charge in [-0.25, -0.2) is 8.42 Å². The van der Waals surface area contributed by atoms with Crippen molar-refractivity contribution in [2.45, 2.75) is 18.4 Å². The van der Waals surface area contributed by atoms with E-state index < -0.39 is 15.9 Å². The number of nitrogens with one attached hydrogen (secondary N) is 1. The lowest BCUT2D eigenvalue weighted by Crippen LogP contribution is -2.37. The van der Waals surface area contributed by atoms with Crippen LogP contribution in [0.15, 0.2) is 77.7 Å². The normalized spacial score (nSPS) is 11.2. The average Bonchev–Trinajstić information content (AvgIpc) is 2.79. The molecule has 3 aromatic carbocycles. The van der Waals surface area contributed by atoms with Crippen LogP contribution in [0.4, 0.5) is 5.69 Å².